The van der Waals surface area contributed by atoms with Crippen LogP contribution in [0.5, 0.6) is 0 Å². The SMILES string of the molecule is CCCCOCCCN(CCC(=O)OCC)C(=O)c1ccccc1F. The standard InChI is InChI=1S/C19H28FNO4/c1-3-5-14-24-15-8-12-21(13-11-18(22)25-4-2)19(23)16-9-6-7-10-17(16)20/h6-7,9-10H,3-5,8,11-15H2,1-2H3. The normalized spacial score (nSPS) is 10.5. The van der Waals surface area contributed by atoms with Crippen molar-refractivity contribution in [3.63, 3.8) is 0 Å². The van der Waals surface area contributed by atoms with E-state index >= 15 is 0 Å². The maximum absolute atomic E-state index is 13.9. The Morgan fingerprint density at radius 3 is 2.48 bits per heavy atom. The van der Waals surface area contributed by atoms with E-state index in [1.165, 1.54) is 23.1 Å². The largest absolute Gasteiger partial charge is 0.466 e. The minimum atomic E-state index is -0.562. The maximum atomic E-state index is 13.9. The highest BCUT2D eigenvalue weighted by Gasteiger charge is 2.19. The van der Waals surface area contributed by atoms with Crippen molar-refractivity contribution in [3.8, 4) is 0 Å². The molecule has 5 nitrogen and oxygen atoms in total. The first-order valence-electron chi connectivity index (χ1n) is 8.87. The van der Waals surface area contributed by atoms with Gasteiger partial charge in [0.2, 0.25) is 0 Å². The van der Waals surface area contributed by atoms with Crippen LogP contribution in [0.4, 0.5) is 4.39 Å². The van der Waals surface area contributed by atoms with Gasteiger partial charge < -0.3 is 14.4 Å². The average Bonchev–Trinajstić information content (AvgIpc) is 2.60. The van der Waals surface area contributed by atoms with E-state index < -0.39 is 11.7 Å². The number of halogens is 1. The van der Waals surface area contributed by atoms with Gasteiger partial charge in [-0.1, -0.05) is 25.5 Å². The summed E-state index contributed by atoms with van der Waals surface area (Å²) in [5, 5.41) is 0. The number of carbonyl (C=O) groups excluding carboxylic acids is 2. The monoisotopic (exact) mass is 353 g/mol. The molecule has 0 N–H and O–H groups in total. The molecular weight excluding hydrogens is 325 g/mol. The Bertz CT molecular complexity index is 536. The van der Waals surface area contributed by atoms with Crippen LogP contribution in [-0.2, 0) is 14.3 Å². The quantitative estimate of drug-likeness (QED) is 0.427. The third-order valence-electron chi connectivity index (χ3n) is 3.64. The van der Waals surface area contributed by atoms with Gasteiger partial charge in [0, 0.05) is 26.3 Å². The topological polar surface area (TPSA) is 55.8 Å². The Balaban J connectivity index is 2.62. The highest BCUT2D eigenvalue weighted by Crippen LogP contribution is 2.11. The molecule has 0 heterocycles. The zero-order valence-corrected chi connectivity index (χ0v) is 15.1. The van der Waals surface area contributed by atoms with Gasteiger partial charge in [-0.05, 0) is 31.9 Å². The fourth-order valence-electron chi connectivity index (χ4n) is 2.29. The molecule has 0 radical (unpaired) electrons. The van der Waals surface area contributed by atoms with Crippen LogP contribution >= 0.6 is 0 Å². The molecule has 25 heavy (non-hydrogen) atoms. The summed E-state index contributed by atoms with van der Waals surface area (Å²) in [6.45, 7) is 5.94. The number of hydrogen-bond acceptors (Lipinski definition) is 4. The van der Waals surface area contributed by atoms with Crippen LogP contribution < -0.4 is 0 Å². The first-order valence-corrected chi connectivity index (χ1v) is 8.87. The Labute approximate surface area is 149 Å². The van der Waals surface area contributed by atoms with E-state index in [2.05, 4.69) is 6.92 Å². The number of rotatable bonds is 12. The van der Waals surface area contributed by atoms with Gasteiger partial charge >= 0.3 is 5.97 Å². The van der Waals surface area contributed by atoms with E-state index in [4.69, 9.17) is 9.47 Å². The van der Waals surface area contributed by atoms with Gasteiger partial charge in [-0.15, -0.1) is 0 Å². The summed E-state index contributed by atoms with van der Waals surface area (Å²) >= 11 is 0. The number of unbranched alkanes of at least 4 members (excludes halogenated alkanes) is 1. The summed E-state index contributed by atoms with van der Waals surface area (Å²) in [6.07, 6.45) is 2.79. The van der Waals surface area contributed by atoms with Crippen molar-refractivity contribution in [2.75, 3.05) is 32.9 Å². The van der Waals surface area contributed by atoms with E-state index in [-0.39, 0.29) is 24.5 Å². The molecule has 0 saturated carbocycles. The molecule has 1 aromatic carbocycles. The second-order valence-corrected chi connectivity index (χ2v) is 5.65. The molecule has 0 bridgehead atoms. The zero-order valence-electron chi connectivity index (χ0n) is 15.1. The van der Waals surface area contributed by atoms with Crippen molar-refractivity contribution in [2.45, 2.75) is 39.5 Å². The number of esters is 1. The molecule has 140 valence electrons. The van der Waals surface area contributed by atoms with E-state index in [9.17, 15) is 14.0 Å². The van der Waals surface area contributed by atoms with Crippen LogP contribution in [0.15, 0.2) is 24.3 Å². The minimum absolute atomic E-state index is 0.0123. The van der Waals surface area contributed by atoms with Crippen LogP contribution in [-0.4, -0.2) is 49.7 Å². The van der Waals surface area contributed by atoms with Crippen molar-refractivity contribution in [2.24, 2.45) is 0 Å². The maximum Gasteiger partial charge on any atom is 0.307 e. The Morgan fingerprint density at radius 1 is 1.08 bits per heavy atom. The van der Waals surface area contributed by atoms with Gasteiger partial charge in [-0.2, -0.15) is 0 Å². The molecule has 0 unspecified atom stereocenters. The van der Waals surface area contributed by atoms with Crippen LogP contribution in [0.1, 0.15) is 49.9 Å². The molecule has 1 rings (SSSR count). The third kappa shape index (κ3) is 8.12. The Morgan fingerprint density at radius 2 is 1.80 bits per heavy atom. The molecule has 6 heteroatoms. The summed E-state index contributed by atoms with van der Waals surface area (Å²) in [5.74, 6) is -1.35. The molecule has 1 aromatic rings. The molecule has 0 aromatic heterocycles. The molecule has 0 aliphatic rings. The van der Waals surface area contributed by atoms with Crippen LogP contribution in [0.2, 0.25) is 0 Å². The molecule has 0 atom stereocenters. The number of ether oxygens (including phenoxy) is 2. The summed E-state index contributed by atoms with van der Waals surface area (Å²) in [6, 6.07) is 5.86. The van der Waals surface area contributed by atoms with Crippen LogP contribution in [0.25, 0.3) is 0 Å². The van der Waals surface area contributed by atoms with E-state index in [0.29, 0.717) is 32.8 Å². The number of hydrogen-bond donors (Lipinski definition) is 0. The summed E-state index contributed by atoms with van der Waals surface area (Å²) in [5.41, 5.74) is 0.0123. The van der Waals surface area contributed by atoms with E-state index in [1.807, 2.05) is 0 Å². The second-order valence-electron chi connectivity index (χ2n) is 5.65. The fourth-order valence-corrected chi connectivity index (χ4v) is 2.29. The lowest BCUT2D eigenvalue weighted by molar-refractivity contribution is -0.143. The number of amides is 1. The molecule has 0 aliphatic carbocycles. The third-order valence-corrected chi connectivity index (χ3v) is 3.64. The lowest BCUT2D eigenvalue weighted by Crippen LogP contribution is -2.35. The highest BCUT2D eigenvalue weighted by atomic mass is 19.1. The van der Waals surface area contributed by atoms with Crippen molar-refractivity contribution in [1.29, 1.82) is 0 Å². The Hall–Kier alpha value is -1.95. The number of nitrogens with zero attached hydrogens (tertiary/aromatic N) is 1. The van der Waals surface area contributed by atoms with Gasteiger partial charge in [0.1, 0.15) is 5.82 Å². The molecule has 0 aliphatic heterocycles. The number of benzene rings is 1. The van der Waals surface area contributed by atoms with E-state index in [1.54, 1.807) is 13.0 Å². The van der Waals surface area contributed by atoms with Crippen molar-refractivity contribution in [3.05, 3.63) is 35.6 Å². The fraction of sp³-hybridized carbons (Fsp3) is 0.579. The molecular formula is C19H28FNO4. The minimum Gasteiger partial charge on any atom is -0.466 e. The molecule has 0 fully saturated rings. The highest BCUT2D eigenvalue weighted by molar-refractivity contribution is 5.94. The zero-order chi connectivity index (χ0) is 18.5. The van der Waals surface area contributed by atoms with Gasteiger partial charge in [-0.3, -0.25) is 9.59 Å². The molecule has 0 saturated heterocycles. The van der Waals surface area contributed by atoms with Crippen molar-refractivity contribution < 1.29 is 23.5 Å². The van der Waals surface area contributed by atoms with Crippen molar-refractivity contribution in [1.82, 2.24) is 4.90 Å². The van der Waals surface area contributed by atoms with Gasteiger partial charge in [0.15, 0.2) is 0 Å². The smallest absolute Gasteiger partial charge is 0.307 e. The van der Waals surface area contributed by atoms with Gasteiger partial charge in [-0.25, -0.2) is 4.39 Å². The summed E-state index contributed by atoms with van der Waals surface area (Å²) in [4.78, 5) is 25.6. The lowest BCUT2D eigenvalue weighted by atomic mass is 10.1. The summed E-state index contributed by atoms with van der Waals surface area (Å²) in [7, 11) is 0. The summed E-state index contributed by atoms with van der Waals surface area (Å²) < 4.78 is 24.3. The second kappa shape index (κ2) is 12.4. The Kier molecular flexibility index (Phi) is 10.5. The number of carbonyl (C=O) groups is 2. The average molecular weight is 353 g/mol. The predicted molar refractivity (Wildman–Crippen MR) is 93.9 cm³/mol. The first kappa shape index (κ1) is 21.1. The van der Waals surface area contributed by atoms with Crippen LogP contribution in [0, 0.1) is 5.82 Å². The van der Waals surface area contributed by atoms with Crippen molar-refractivity contribution >= 4 is 11.9 Å². The van der Waals surface area contributed by atoms with Gasteiger partial charge in [0.05, 0.1) is 18.6 Å². The van der Waals surface area contributed by atoms with E-state index in [0.717, 1.165) is 12.8 Å². The van der Waals surface area contributed by atoms with Crippen LogP contribution in [0.3, 0.4) is 0 Å². The van der Waals surface area contributed by atoms with Gasteiger partial charge in [0.25, 0.3) is 5.91 Å². The predicted octanol–water partition coefficient (Wildman–Crippen LogP) is 3.43. The molecule has 0 spiro atoms. The molecule has 1 amide bonds. The first-order chi connectivity index (χ1) is 12.1. The lowest BCUT2D eigenvalue weighted by Gasteiger charge is -2.22.